The van der Waals surface area contributed by atoms with Gasteiger partial charge in [-0.15, -0.1) is 0 Å². The molecule has 1 aromatic heterocycles. The highest BCUT2D eigenvalue weighted by Gasteiger charge is 2.30. The number of hydrogen-bond acceptors (Lipinski definition) is 4. The average Bonchev–Trinajstić information content (AvgIpc) is 2.90. The Morgan fingerprint density at radius 3 is 2.43 bits per heavy atom. The predicted molar refractivity (Wildman–Crippen MR) is 137 cm³/mol. The third-order valence-electron chi connectivity index (χ3n) is 6.25. The van der Waals surface area contributed by atoms with Crippen molar-refractivity contribution in [2.45, 2.75) is 12.7 Å². The standard InChI is InChI=1S/C28H25F3N4O2/c29-28(30,31)20-4-3-5-21(16-20)33-27(36)34-26-11-10-23(24-6-1-2-7-25(24)26)19-8-9-22(32-17-19)18-35-12-14-37-15-13-35/h1-11,16-17H,12-15,18H2,(H2,33,34,36). The number of pyridine rings is 1. The van der Waals surface area contributed by atoms with Gasteiger partial charge in [0.15, 0.2) is 0 Å². The molecule has 1 saturated heterocycles. The molecular formula is C28H25F3N4O2. The Hall–Kier alpha value is -3.95. The summed E-state index contributed by atoms with van der Waals surface area (Å²) >= 11 is 0. The molecule has 1 fully saturated rings. The molecule has 0 bridgehead atoms. The smallest absolute Gasteiger partial charge is 0.379 e. The third kappa shape index (κ3) is 5.90. The van der Waals surface area contributed by atoms with Gasteiger partial charge in [0, 0.05) is 42.5 Å². The van der Waals surface area contributed by atoms with Gasteiger partial charge in [-0.2, -0.15) is 13.2 Å². The van der Waals surface area contributed by atoms with Gasteiger partial charge in [0.05, 0.1) is 30.2 Å². The van der Waals surface area contributed by atoms with Gasteiger partial charge in [-0.1, -0.05) is 42.5 Å². The molecule has 0 radical (unpaired) electrons. The van der Waals surface area contributed by atoms with Crippen molar-refractivity contribution in [1.82, 2.24) is 9.88 Å². The van der Waals surface area contributed by atoms with Gasteiger partial charge < -0.3 is 15.4 Å². The Bertz CT molecular complexity index is 1400. The van der Waals surface area contributed by atoms with Crippen molar-refractivity contribution in [2.24, 2.45) is 0 Å². The summed E-state index contributed by atoms with van der Waals surface area (Å²) in [7, 11) is 0. The maximum atomic E-state index is 13.0. The fraction of sp³-hybridized carbons (Fsp3) is 0.214. The summed E-state index contributed by atoms with van der Waals surface area (Å²) < 4.78 is 44.4. The number of halogens is 3. The van der Waals surface area contributed by atoms with Gasteiger partial charge in [0.25, 0.3) is 0 Å². The molecule has 9 heteroatoms. The number of carbonyl (C=O) groups excluding carboxylic acids is 1. The molecule has 0 spiro atoms. The first kappa shape index (κ1) is 24.7. The Morgan fingerprint density at radius 2 is 1.70 bits per heavy atom. The number of ether oxygens (including phenoxy) is 1. The van der Waals surface area contributed by atoms with E-state index in [2.05, 4.69) is 20.5 Å². The quantitative estimate of drug-likeness (QED) is 0.329. The van der Waals surface area contributed by atoms with E-state index in [4.69, 9.17) is 4.74 Å². The van der Waals surface area contributed by atoms with Crippen LogP contribution >= 0.6 is 0 Å². The number of fused-ring (bicyclic) bond motifs is 1. The van der Waals surface area contributed by atoms with Crippen LogP contribution in [-0.2, 0) is 17.5 Å². The highest BCUT2D eigenvalue weighted by molar-refractivity contribution is 6.09. The molecule has 37 heavy (non-hydrogen) atoms. The van der Waals surface area contributed by atoms with E-state index in [1.54, 1.807) is 6.07 Å². The van der Waals surface area contributed by atoms with Gasteiger partial charge >= 0.3 is 12.2 Å². The van der Waals surface area contributed by atoms with E-state index in [-0.39, 0.29) is 5.69 Å². The number of nitrogens with one attached hydrogen (secondary N) is 2. The maximum absolute atomic E-state index is 13.0. The number of carbonyl (C=O) groups is 1. The summed E-state index contributed by atoms with van der Waals surface area (Å²) in [6.07, 6.45) is -2.64. The molecule has 4 aromatic rings. The Kier molecular flexibility index (Phi) is 7.07. The van der Waals surface area contributed by atoms with Gasteiger partial charge in [-0.3, -0.25) is 9.88 Å². The van der Waals surface area contributed by atoms with E-state index in [1.807, 2.05) is 48.7 Å². The van der Waals surface area contributed by atoms with Crippen molar-refractivity contribution in [3.8, 4) is 11.1 Å². The van der Waals surface area contributed by atoms with Crippen LogP contribution < -0.4 is 10.6 Å². The second kappa shape index (κ2) is 10.6. The highest BCUT2D eigenvalue weighted by Crippen LogP contribution is 2.34. The lowest BCUT2D eigenvalue weighted by molar-refractivity contribution is -0.137. The van der Waals surface area contributed by atoms with Gasteiger partial charge in [-0.25, -0.2) is 4.79 Å². The number of benzene rings is 3. The molecule has 6 nitrogen and oxygen atoms in total. The third-order valence-corrected chi connectivity index (χ3v) is 6.25. The fourth-order valence-corrected chi connectivity index (χ4v) is 4.38. The van der Waals surface area contributed by atoms with E-state index in [1.165, 1.54) is 12.1 Å². The molecule has 5 rings (SSSR count). The summed E-state index contributed by atoms with van der Waals surface area (Å²) in [5, 5.41) is 6.96. The molecule has 1 aliphatic rings. The summed E-state index contributed by atoms with van der Waals surface area (Å²) in [5.74, 6) is 0. The number of nitrogens with zero attached hydrogens (tertiary/aromatic N) is 2. The lowest BCUT2D eigenvalue weighted by Crippen LogP contribution is -2.35. The largest absolute Gasteiger partial charge is 0.416 e. The zero-order valence-corrected chi connectivity index (χ0v) is 19.9. The summed E-state index contributed by atoms with van der Waals surface area (Å²) in [6.45, 7) is 4.03. The van der Waals surface area contributed by atoms with Crippen LogP contribution in [0, 0.1) is 0 Å². The number of aromatic nitrogens is 1. The minimum Gasteiger partial charge on any atom is -0.379 e. The van der Waals surface area contributed by atoms with E-state index in [9.17, 15) is 18.0 Å². The van der Waals surface area contributed by atoms with Crippen LogP contribution in [0.5, 0.6) is 0 Å². The number of alkyl halides is 3. The van der Waals surface area contributed by atoms with E-state index >= 15 is 0 Å². The van der Waals surface area contributed by atoms with Crippen molar-refractivity contribution in [1.29, 1.82) is 0 Å². The summed E-state index contributed by atoms with van der Waals surface area (Å²) in [6, 6.07) is 19.3. The van der Waals surface area contributed by atoms with Crippen LogP contribution in [0.2, 0.25) is 0 Å². The number of anilines is 2. The first-order valence-corrected chi connectivity index (χ1v) is 11.9. The minimum absolute atomic E-state index is 0.0523. The molecular weight excluding hydrogens is 481 g/mol. The minimum atomic E-state index is -4.49. The highest BCUT2D eigenvalue weighted by atomic mass is 19.4. The molecule has 3 aromatic carbocycles. The van der Waals surface area contributed by atoms with Crippen LogP contribution in [0.3, 0.4) is 0 Å². The molecule has 1 aliphatic heterocycles. The van der Waals surface area contributed by atoms with E-state index in [0.717, 1.165) is 72.6 Å². The molecule has 190 valence electrons. The van der Waals surface area contributed by atoms with E-state index in [0.29, 0.717) is 5.69 Å². The topological polar surface area (TPSA) is 66.5 Å². The lowest BCUT2D eigenvalue weighted by Gasteiger charge is -2.26. The molecule has 0 aliphatic carbocycles. The molecule has 2 heterocycles. The van der Waals surface area contributed by atoms with Crippen molar-refractivity contribution in [3.05, 3.63) is 90.3 Å². The van der Waals surface area contributed by atoms with Crippen LogP contribution in [0.1, 0.15) is 11.3 Å². The SMILES string of the molecule is O=C(Nc1cccc(C(F)(F)F)c1)Nc1ccc(-c2ccc(CN3CCOCC3)nc2)c2ccccc12. The molecule has 0 unspecified atom stereocenters. The Morgan fingerprint density at radius 1 is 0.919 bits per heavy atom. The van der Waals surface area contributed by atoms with E-state index < -0.39 is 17.8 Å². The van der Waals surface area contributed by atoms with Crippen LogP contribution in [0.25, 0.3) is 21.9 Å². The number of hydrogen-bond donors (Lipinski definition) is 2. The second-order valence-electron chi connectivity index (χ2n) is 8.79. The maximum Gasteiger partial charge on any atom is 0.416 e. The van der Waals surface area contributed by atoms with Gasteiger partial charge in [0.1, 0.15) is 0 Å². The van der Waals surface area contributed by atoms with Crippen LogP contribution in [0.15, 0.2) is 79.0 Å². The second-order valence-corrected chi connectivity index (χ2v) is 8.79. The zero-order valence-electron chi connectivity index (χ0n) is 19.9. The van der Waals surface area contributed by atoms with Crippen LogP contribution in [0.4, 0.5) is 29.3 Å². The zero-order chi connectivity index (χ0) is 25.8. The lowest BCUT2D eigenvalue weighted by atomic mass is 9.98. The van der Waals surface area contributed by atoms with Crippen molar-refractivity contribution >= 4 is 28.2 Å². The Balaban J connectivity index is 1.34. The van der Waals surface area contributed by atoms with Crippen LogP contribution in [-0.4, -0.2) is 42.2 Å². The summed E-state index contributed by atoms with van der Waals surface area (Å²) in [4.78, 5) is 19.6. The molecule has 2 N–H and O–H groups in total. The number of rotatable bonds is 5. The monoisotopic (exact) mass is 506 g/mol. The Labute approximate surface area is 212 Å². The number of urea groups is 1. The fourth-order valence-electron chi connectivity index (χ4n) is 4.38. The normalized spacial score (nSPS) is 14.5. The van der Waals surface area contributed by atoms with Crippen molar-refractivity contribution in [3.63, 3.8) is 0 Å². The number of morpholine rings is 1. The first-order chi connectivity index (χ1) is 17.9. The molecule has 0 atom stereocenters. The van der Waals surface area contributed by atoms with Crippen molar-refractivity contribution in [2.75, 3.05) is 36.9 Å². The predicted octanol–water partition coefficient (Wildman–Crippen LogP) is 6.40. The van der Waals surface area contributed by atoms with Gasteiger partial charge in [-0.05, 0) is 41.3 Å². The first-order valence-electron chi connectivity index (χ1n) is 11.9. The molecule has 2 amide bonds. The van der Waals surface area contributed by atoms with Crippen molar-refractivity contribution < 1.29 is 22.7 Å². The van der Waals surface area contributed by atoms with Gasteiger partial charge in [0.2, 0.25) is 0 Å². The summed E-state index contributed by atoms with van der Waals surface area (Å²) in [5.41, 5.74) is 2.66. The average molecular weight is 507 g/mol. The number of amides is 2. The molecule has 0 saturated carbocycles.